The average molecular weight is 764 g/mol. The van der Waals surface area contributed by atoms with Gasteiger partial charge in [0.1, 0.15) is 11.2 Å². The van der Waals surface area contributed by atoms with Crippen LogP contribution < -0.4 is 4.90 Å². The molecule has 12 rings (SSSR count). The van der Waals surface area contributed by atoms with Gasteiger partial charge in [-0.25, -0.2) is 0 Å². The summed E-state index contributed by atoms with van der Waals surface area (Å²) >= 11 is 0. The van der Waals surface area contributed by atoms with E-state index in [0.717, 1.165) is 49.8 Å². The second kappa shape index (κ2) is 13.9. The molecular formula is C58H37NO. The fraction of sp³-hybridized carbons (Fsp3) is 0. The van der Waals surface area contributed by atoms with Gasteiger partial charge in [-0.3, -0.25) is 0 Å². The molecule has 1 aromatic heterocycles. The zero-order valence-electron chi connectivity index (χ0n) is 32.7. The molecule has 0 spiro atoms. The van der Waals surface area contributed by atoms with Crippen LogP contribution in [0.5, 0.6) is 0 Å². The minimum absolute atomic E-state index is 0.864. The van der Waals surface area contributed by atoms with Crippen LogP contribution in [0.1, 0.15) is 0 Å². The molecule has 2 nitrogen and oxygen atoms in total. The van der Waals surface area contributed by atoms with E-state index < -0.39 is 0 Å². The van der Waals surface area contributed by atoms with Gasteiger partial charge >= 0.3 is 0 Å². The van der Waals surface area contributed by atoms with Crippen molar-refractivity contribution < 1.29 is 4.42 Å². The summed E-state index contributed by atoms with van der Waals surface area (Å²) in [5.41, 5.74) is 12.2. The highest BCUT2D eigenvalue weighted by molar-refractivity contribution is 6.22. The van der Waals surface area contributed by atoms with Gasteiger partial charge in [0.25, 0.3) is 0 Å². The Morgan fingerprint density at radius 2 is 0.800 bits per heavy atom. The molecule has 0 saturated carbocycles. The summed E-state index contributed by atoms with van der Waals surface area (Å²) in [4.78, 5) is 2.39. The maximum absolute atomic E-state index is 6.73. The van der Waals surface area contributed by atoms with Gasteiger partial charge < -0.3 is 9.32 Å². The van der Waals surface area contributed by atoms with E-state index in [0.29, 0.717) is 0 Å². The number of fused-ring (bicyclic) bond motifs is 9. The highest BCUT2D eigenvalue weighted by atomic mass is 16.3. The largest absolute Gasteiger partial charge is 0.455 e. The lowest BCUT2D eigenvalue weighted by atomic mass is 9.85. The van der Waals surface area contributed by atoms with E-state index in [2.05, 4.69) is 229 Å². The summed E-state index contributed by atoms with van der Waals surface area (Å²) in [6.07, 6.45) is 0. The van der Waals surface area contributed by atoms with E-state index in [1.807, 2.05) is 0 Å². The SMILES string of the molecule is c1ccc(-c2c(-c3ccc(N(c4ccc(-c5cccc6ccccc56)cc4)c4cccc5oc6c7ccccc7ccc6c45)cc3)c3ccccc3c3ccccc23)cc1. The summed E-state index contributed by atoms with van der Waals surface area (Å²) in [6, 6.07) is 81.2. The van der Waals surface area contributed by atoms with E-state index in [-0.39, 0.29) is 0 Å². The molecular weight excluding hydrogens is 727 g/mol. The molecule has 0 fully saturated rings. The third kappa shape index (κ3) is 5.42. The van der Waals surface area contributed by atoms with Crippen molar-refractivity contribution in [3.05, 3.63) is 224 Å². The molecule has 0 N–H and O–H groups in total. The maximum Gasteiger partial charge on any atom is 0.143 e. The van der Waals surface area contributed by atoms with Gasteiger partial charge in [0.2, 0.25) is 0 Å². The molecule has 0 aliphatic heterocycles. The number of nitrogens with zero attached hydrogens (tertiary/aromatic N) is 1. The Morgan fingerprint density at radius 1 is 0.300 bits per heavy atom. The van der Waals surface area contributed by atoms with E-state index in [1.165, 1.54) is 65.7 Å². The summed E-state index contributed by atoms with van der Waals surface area (Å²) in [6.45, 7) is 0. The monoisotopic (exact) mass is 763 g/mol. The van der Waals surface area contributed by atoms with Crippen molar-refractivity contribution in [2.45, 2.75) is 0 Å². The van der Waals surface area contributed by atoms with Crippen LogP contribution in [0.2, 0.25) is 0 Å². The summed E-state index contributed by atoms with van der Waals surface area (Å²) < 4.78 is 6.73. The van der Waals surface area contributed by atoms with Gasteiger partial charge in [-0.05, 0) is 114 Å². The zero-order chi connectivity index (χ0) is 39.6. The fourth-order valence-corrected chi connectivity index (χ4v) is 9.54. The third-order valence-corrected chi connectivity index (χ3v) is 12.2. The minimum atomic E-state index is 0.864. The highest BCUT2D eigenvalue weighted by Gasteiger charge is 2.22. The molecule has 0 atom stereocenters. The Kier molecular flexibility index (Phi) is 7.89. The van der Waals surface area contributed by atoms with Crippen molar-refractivity contribution in [2.24, 2.45) is 0 Å². The zero-order valence-corrected chi connectivity index (χ0v) is 32.7. The van der Waals surface area contributed by atoms with Crippen molar-refractivity contribution >= 4 is 82.1 Å². The van der Waals surface area contributed by atoms with Crippen molar-refractivity contribution in [2.75, 3.05) is 4.90 Å². The molecule has 60 heavy (non-hydrogen) atoms. The second-order valence-electron chi connectivity index (χ2n) is 15.6. The highest BCUT2D eigenvalue weighted by Crippen LogP contribution is 2.48. The number of anilines is 3. The van der Waals surface area contributed by atoms with Crippen molar-refractivity contribution in [1.82, 2.24) is 0 Å². The Bertz CT molecular complexity index is 3580. The number of hydrogen-bond donors (Lipinski definition) is 0. The van der Waals surface area contributed by atoms with Gasteiger partial charge in [0.15, 0.2) is 0 Å². The Morgan fingerprint density at radius 3 is 1.47 bits per heavy atom. The second-order valence-corrected chi connectivity index (χ2v) is 15.6. The first-order valence-electron chi connectivity index (χ1n) is 20.6. The molecule has 0 aliphatic rings. The molecule has 12 aromatic rings. The Labute approximate surface area is 347 Å². The molecule has 0 bridgehead atoms. The topological polar surface area (TPSA) is 16.4 Å². The van der Waals surface area contributed by atoms with Crippen LogP contribution in [0.15, 0.2) is 229 Å². The van der Waals surface area contributed by atoms with Gasteiger partial charge in [-0.15, -0.1) is 0 Å². The molecule has 280 valence electrons. The molecule has 1 heterocycles. The molecule has 0 aliphatic carbocycles. The molecule has 0 unspecified atom stereocenters. The van der Waals surface area contributed by atoms with Crippen LogP contribution in [-0.2, 0) is 0 Å². The van der Waals surface area contributed by atoms with Crippen molar-refractivity contribution in [1.29, 1.82) is 0 Å². The Hall–Kier alpha value is -7.94. The van der Waals surface area contributed by atoms with Crippen molar-refractivity contribution in [3.8, 4) is 33.4 Å². The molecule has 2 heteroatoms. The van der Waals surface area contributed by atoms with Gasteiger partial charge in [-0.2, -0.15) is 0 Å². The van der Waals surface area contributed by atoms with Crippen LogP contribution in [-0.4, -0.2) is 0 Å². The molecule has 0 amide bonds. The summed E-state index contributed by atoms with van der Waals surface area (Å²) in [7, 11) is 0. The molecule has 0 saturated heterocycles. The lowest BCUT2D eigenvalue weighted by molar-refractivity contribution is 0.672. The van der Waals surface area contributed by atoms with Crippen LogP contribution in [0.3, 0.4) is 0 Å². The predicted molar refractivity (Wildman–Crippen MR) is 255 cm³/mol. The smallest absolute Gasteiger partial charge is 0.143 e. The quantitative estimate of drug-likeness (QED) is 0.157. The number of rotatable bonds is 6. The number of furan rings is 1. The van der Waals surface area contributed by atoms with Crippen LogP contribution in [0.25, 0.3) is 98.4 Å². The van der Waals surface area contributed by atoms with E-state index >= 15 is 0 Å². The molecule has 11 aromatic carbocycles. The normalized spacial score (nSPS) is 11.7. The number of benzene rings is 11. The Balaban J connectivity index is 1.07. The summed E-state index contributed by atoms with van der Waals surface area (Å²) in [5, 5.41) is 12.0. The minimum Gasteiger partial charge on any atom is -0.455 e. The van der Waals surface area contributed by atoms with Crippen molar-refractivity contribution in [3.63, 3.8) is 0 Å². The van der Waals surface area contributed by atoms with Crippen LogP contribution >= 0.6 is 0 Å². The first kappa shape index (κ1) is 34.1. The summed E-state index contributed by atoms with van der Waals surface area (Å²) in [5.74, 6) is 0. The molecule has 0 radical (unpaired) electrons. The van der Waals surface area contributed by atoms with Crippen LogP contribution in [0.4, 0.5) is 17.1 Å². The first-order chi connectivity index (χ1) is 29.8. The average Bonchev–Trinajstić information content (AvgIpc) is 3.72. The lowest BCUT2D eigenvalue weighted by Crippen LogP contribution is -2.10. The predicted octanol–water partition coefficient (Wildman–Crippen LogP) is 16.7. The van der Waals surface area contributed by atoms with E-state index in [4.69, 9.17) is 4.42 Å². The number of hydrogen-bond acceptors (Lipinski definition) is 2. The standard InChI is InChI=1S/C58H37NO/c1-2-16-41(17-3-1)55-50-23-10-8-21-48(50)49-22-9-11-24-51(49)56(55)42-30-35-44(36-31-42)59(43-33-28-40(29-34-43)46-25-12-18-38-14-4-6-19-45(38)46)53-26-13-27-54-57(53)52-37-32-39-15-5-7-20-47(39)58(52)60-54/h1-37H. The fourth-order valence-electron chi connectivity index (χ4n) is 9.54. The maximum atomic E-state index is 6.73. The first-order valence-corrected chi connectivity index (χ1v) is 20.6. The van der Waals surface area contributed by atoms with E-state index in [9.17, 15) is 0 Å². The lowest BCUT2D eigenvalue weighted by Gasteiger charge is -2.27. The van der Waals surface area contributed by atoms with Gasteiger partial charge in [-0.1, -0.05) is 182 Å². The third-order valence-electron chi connectivity index (χ3n) is 12.2. The van der Waals surface area contributed by atoms with Gasteiger partial charge in [0, 0.05) is 22.1 Å². The van der Waals surface area contributed by atoms with Gasteiger partial charge in [0.05, 0.1) is 11.1 Å². The van der Waals surface area contributed by atoms with E-state index in [1.54, 1.807) is 0 Å². The van der Waals surface area contributed by atoms with Crippen LogP contribution in [0, 0.1) is 0 Å².